The Hall–Kier alpha value is -1.92. The van der Waals surface area contributed by atoms with Crippen LogP contribution < -0.4 is 5.32 Å². The van der Waals surface area contributed by atoms with Gasteiger partial charge in [-0.15, -0.1) is 11.3 Å². The number of aryl methyl sites for hydroxylation is 3. The average molecular weight is 329 g/mol. The summed E-state index contributed by atoms with van der Waals surface area (Å²) >= 11 is 2.92. The van der Waals surface area contributed by atoms with Crippen LogP contribution in [-0.2, 0) is 4.79 Å². The lowest BCUT2D eigenvalue weighted by Crippen LogP contribution is -2.19. The van der Waals surface area contributed by atoms with Crippen molar-refractivity contribution in [3.8, 4) is 0 Å². The number of hydrogen-bond acceptors (Lipinski definition) is 5. The van der Waals surface area contributed by atoms with E-state index in [0.717, 1.165) is 27.5 Å². The fourth-order valence-electron chi connectivity index (χ4n) is 2.01. The number of amidine groups is 1. The van der Waals surface area contributed by atoms with E-state index in [1.807, 2.05) is 38.3 Å². The minimum atomic E-state index is -0.125. The van der Waals surface area contributed by atoms with E-state index in [1.54, 1.807) is 17.4 Å². The summed E-state index contributed by atoms with van der Waals surface area (Å²) < 4.78 is 0. The summed E-state index contributed by atoms with van der Waals surface area (Å²) in [5, 5.41) is 6.34. The molecule has 3 rings (SSSR count). The van der Waals surface area contributed by atoms with Crippen molar-refractivity contribution >= 4 is 45.9 Å². The number of aromatic nitrogens is 1. The van der Waals surface area contributed by atoms with Gasteiger partial charge in [0.1, 0.15) is 0 Å². The molecule has 2 heterocycles. The van der Waals surface area contributed by atoms with Gasteiger partial charge in [-0.3, -0.25) is 4.79 Å². The van der Waals surface area contributed by atoms with Crippen molar-refractivity contribution in [2.45, 2.75) is 20.8 Å². The van der Waals surface area contributed by atoms with Gasteiger partial charge in [0.25, 0.3) is 5.91 Å². The van der Waals surface area contributed by atoms with Crippen LogP contribution in [0.2, 0.25) is 0 Å². The fraction of sp³-hybridized carbons (Fsp3) is 0.188. The first-order valence-electron chi connectivity index (χ1n) is 6.80. The molecule has 1 fully saturated rings. The van der Waals surface area contributed by atoms with Crippen LogP contribution in [0.1, 0.15) is 21.8 Å². The molecule has 1 aliphatic rings. The highest BCUT2D eigenvalue weighted by molar-refractivity contribution is 8.18. The van der Waals surface area contributed by atoms with Gasteiger partial charge in [-0.1, -0.05) is 12.1 Å². The maximum atomic E-state index is 12.0. The SMILES string of the molecule is Cc1ccc(C)c(N=C2NC(=O)/C(=C/c3csc(C)n3)S2)c1. The Labute approximate surface area is 137 Å². The molecule has 0 bridgehead atoms. The Morgan fingerprint density at radius 2 is 2.09 bits per heavy atom. The third-order valence-corrected chi connectivity index (χ3v) is 4.85. The number of carbonyl (C=O) groups is 1. The zero-order valence-electron chi connectivity index (χ0n) is 12.5. The van der Waals surface area contributed by atoms with Crippen LogP contribution >= 0.6 is 23.1 Å². The Kier molecular flexibility index (Phi) is 4.13. The number of thioether (sulfide) groups is 1. The topological polar surface area (TPSA) is 54.4 Å². The highest BCUT2D eigenvalue weighted by atomic mass is 32.2. The number of nitrogens with zero attached hydrogens (tertiary/aromatic N) is 2. The molecule has 1 aromatic heterocycles. The van der Waals surface area contributed by atoms with Crippen LogP contribution in [0.25, 0.3) is 6.08 Å². The van der Waals surface area contributed by atoms with E-state index in [-0.39, 0.29) is 5.91 Å². The zero-order valence-corrected chi connectivity index (χ0v) is 14.1. The number of thiazole rings is 1. The molecule has 1 N–H and O–H groups in total. The summed E-state index contributed by atoms with van der Waals surface area (Å²) in [6, 6.07) is 6.10. The van der Waals surface area contributed by atoms with E-state index < -0.39 is 0 Å². The standard InChI is InChI=1S/C16H15N3OS2/c1-9-4-5-10(2)13(6-9)18-16-19-15(20)14(22-16)7-12-8-21-11(3)17-12/h4-8H,1-3H3,(H,18,19,20)/b14-7-. The monoisotopic (exact) mass is 329 g/mol. The van der Waals surface area contributed by atoms with Crippen LogP contribution in [0.15, 0.2) is 33.5 Å². The first-order chi connectivity index (χ1) is 10.5. The van der Waals surface area contributed by atoms with Gasteiger partial charge in [0, 0.05) is 5.38 Å². The number of rotatable bonds is 2. The molecule has 0 unspecified atom stereocenters. The molecule has 6 heteroatoms. The Morgan fingerprint density at radius 3 is 2.82 bits per heavy atom. The molecule has 1 saturated heterocycles. The maximum Gasteiger partial charge on any atom is 0.264 e. The van der Waals surface area contributed by atoms with E-state index in [2.05, 4.69) is 21.4 Å². The van der Waals surface area contributed by atoms with Crippen molar-refractivity contribution in [1.82, 2.24) is 10.3 Å². The Bertz CT molecular complexity index is 805. The lowest BCUT2D eigenvalue weighted by atomic mass is 10.1. The first kappa shape index (κ1) is 15.0. The quantitative estimate of drug-likeness (QED) is 0.849. The number of nitrogens with one attached hydrogen (secondary N) is 1. The molecular formula is C16H15N3OS2. The third kappa shape index (κ3) is 3.28. The van der Waals surface area contributed by atoms with Crippen LogP contribution in [0, 0.1) is 20.8 Å². The van der Waals surface area contributed by atoms with Gasteiger partial charge < -0.3 is 5.32 Å². The molecule has 2 aromatic rings. The van der Waals surface area contributed by atoms with Crippen LogP contribution in [0.5, 0.6) is 0 Å². The Balaban J connectivity index is 1.86. The first-order valence-corrected chi connectivity index (χ1v) is 8.50. The van der Waals surface area contributed by atoms with E-state index in [1.165, 1.54) is 11.8 Å². The normalized spacial score (nSPS) is 18.2. The average Bonchev–Trinajstić information content (AvgIpc) is 3.01. The lowest BCUT2D eigenvalue weighted by molar-refractivity contribution is -0.115. The van der Waals surface area contributed by atoms with Crippen molar-refractivity contribution in [3.05, 3.63) is 50.3 Å². The summed E-state index contributed by atoms with van der Waals surface area (Å²) in [7, 11) is 0. The summed E-state index contributed by atoms with van der Waals surface area (Å²) in [6.07, 6.45) is 1.80. The van der Waals surface area contributed by atoms with E-state index >= 15 is 0 Å². The second-order valence-electron chi connectivity index (χ2n) is 5.06. The van der Waals surface area contributed by atoms with Crippen molar-refractivity contribution in [3.63, 3.8) is 0 Å². The number of carbonyl (C=O) groups excluding carboxylic acids is 1. The fourth-order valence-corrected chi connectivity index (χ4v) is 3.40. The molecule has 0 saturated carbocycles. The highest BCUT2D eigenvalue weighted by Crippen LogP contribution is 2.29. The van der Waals surface area contributed by atoms with Crippen LogP contribution in [0.4, 0.5) is 5.69 Å². The van der Waals surface area contributed by atoms with Crippen molar-refractivity contribution in [1.29, 1.82) is 0 Å². The van der Waals surface area contributed by atoms with Gasteiger partial charge in [-0.2, -0.15) is 0 Å². The van der Waals surface area contributed by atoms with E-state index in [4.69, 9.17) is 0 Å². The second kappa shape index (κ2) is 6.06. The van der Waals surface area contributed by atoms with Gasteiger partial charge >= 0.3 is 0 Å². The van der Waals surface area contributed by atoms with Crippen molar-refractivity contribution < 1.29 is 4.79 Å². The van der Waals surface area contributed by atoms with Gasteiger partial charge in [0.15, 0.2) is 5.17 Å². The zero-order chi connectivity index (χ0) is 15.7. The summed E-state index contributed by atoms with van der Waals surface area (Å²) in [5.41, 5.74) is 3.93. The number of benzene rings is 1. The van der Waals surface area contributed by atoms with Gasteiger partial charge in [-0.25, -0.2) is 9.98 Å². The number of hydrogen-bond donors (Lipinski definition) is 1. The number of aliphatic imine (C=N–C) groups is 1. The molecule has 0 atom stereocenters. The molecule has 112 valence electrons. The molecule has 1 aromatic carbocycles. The predicted octanol–water partition coefficient (Wildman–Crippen LogP) is 3.96. The minimum Gasteiger partial charge on any atom is -0.300 e. The maximum absolute atomic E-state index is 12.0. The summed E-state index contributed by atoms with van der Waals surface area (Å²) in [5.74, 6) is -0.125. The minimum absolute atomic E-state index is 0.125. The molecule has 4 nitrogen and oxygen atoms in total. The van der Waals surface area contributed by atoms with Gasteiger partial charge in [0.05, 0.1) is 21.3 Å². The highest BCUT2D eigenvalue weighted by Gasteiger charge is 2.24. The van der Waals surface area contributed by atoms with E-state index in [9.17, 15) is 4.79 Å². The lowest BCUT2D eigenvalue weighted by Gasteiger charge is -2.02. The molecule has 1 amide bonds. The smallest absolute Gasteiger partial charge is 0.264 e. The van der Waals surface area contributed by atoms with E-state index in [0.29, 0.717) is 10.1 Å². The number of amides is 1. The predicted molar refractivity (Wildman–Crippen MR) is 93.6 cm³/mol. The van der Waals surface area contributed by atoms with Crippen molar-refractivity contribution in [2.75, 3.05) is 0 Å². The molecular weight excluding hydrogens is 314 g/mol. The summed E-state index contributed by atoms with van der Waals surface area (Å²) in [4.78, 5) is 21.6. The molecule has 0 aliphatic carbocycles. The second-order valence-corrected chi connectivity index (χ2v) is 7.16. The molecule has 22 heavy (non-hydrogen) atoms. The van der Waals surface area contributed by atoms with Gasteiger partial charge in [0.2, 0.25) is 0 Å². The Morgan fingerprint density at radius 1 is 1.27 bits per heavy atom. The third-order valence-electron chi connectivity index (χ3n) is 3.15. The van der Waals surface area contributed by atoms with Crippen LogP contribution in [-0.4, -0.2) is 16.1 Å². The summed E-state index contributed by atoms with van der Waals surface area (Å²) in [6.45, 7) is 5.98. The molecule has 1 aliphatic heterocycles. The largest absolute Gasteiger partial charge is 0.300 e. The molecule has 0 spiro atoms. The van der Waals surface area contributed by atoms with Crippen LogP contribution in [0.3, 0.4) is 0 Å². The van der Waals surface area contributed by atoms with Crippen molar-refractivity contribution in [2.24, 2.45) is 4.99 Å². The van der Waals surface area contributed by atoms with Gasteiger partial charge in [-0.05, 0) is 55.8 Å². The molecule has 0 radical (unpaired) electrons.